The Labute approximate surface area is 76.6 Å². The first-order valence-corrected chi connectivity index (χ1v) is 4.26. The van der Waals surface area contributed by atoms with Gasteiger partial charge in [0, 0.05) is 6.42 Å². The van der Waals surface area contributed by atoms with Crippen LogP contribution < -0.4 is 5.32 Å². The molecule has 1 saturated carbocycles. The topological polar surface area (TPSA) is 66.4 Å². The number of carbonyl (C=O) groups excluding carboxylic acids is 1. The van der Waals surface area contributed by atoms with E-state index >= 15 is 0 Å². The van der Waals surface area contributed by atoms with Gasteiger partial charge in [-0.05, 0) is 19.3 Å². The number of carboxylic acids is 1. The molecule has 0 radical (unpaired) electrons. The third-order valence-electron chi connectivity index (χ3n) is 2.32. The van der Waals surface area contributed by atoms with Gasteiger partial charge in [0.2, 0.25) is 5.91 Å². The Bertz CT molecular complexity index is 243. The van der Waals surface area contributed by atoms with Crippen LogP contribution >= 0.6 is 0 Å². The van der Waals surface area contributed by atoms with Gasteiger partial charge in [0.05, 0.1) is 0 Å². The summed E-state index contributed by atoms with van der Waals surface area (Å²) in [6.45, 7) is 3.41. The molecule has 1 aliphatic carbocycles. The molecule has 1 rings (SSSR count). The molecule has 1 amide bonds. The van der Waals surface area contributed by atoms with E-state index in [1.807, 2.05) is 0 Å². The number of carboxylic acid groups (broad SMARTS) is 1. The van der Waals surface area contributed by atoms with Crippen LogP contribution in [0.3, 0.4) is 0 Å². The van der Waals surface area contributed by atoms with Crippen molar-refractivity contribution < 1.29 is 14.7 Å². The average Bonchev–Trinajstić information content (AvgIpc) is 1.96. The number of carbonyl (C=O) groups is 2. The Hall–Kier alpha value is -1.32. The van der Waals surface area contributed by atoms with Gasteiger partial charge < -0.3 is 10.4 Å². The molecule has 13 heavy (non-hydrogen) atoms. The van der Waals surface area contributed by atoms with E-state index in [0.717, 1.165) is 6.42 Å². The second-order valence-corrected chi connectivity index (χ2v) is 3.28. The zero-order chi connectivity index (χ0) is 9.90. The summed E-state index contributed by atoms with van der Waals surface area (Å²) in [5.41, 5.74) is -0.986. The largest absolute Gasteiger partial charge is 0.480 e. The molecule has 4 heteroatoms. The van der Waals surface area contributed by atoms with Crippen molar-refractivity contribution in [2.45, 2.75) is 31.2 Å². The van der Waals surface area contributed by atoms with Crippen LogP contribution in [-0.2, 0) is 9.59 Å². The lowest BCUT2D eigenvalue weighted by molar-refractivity contribution is -0.151. The van der Waals surface area contributed by atoms with E-state index in [1.54, 1.807) is 0 Å². The highest BCUT2D eigenvalue weighted by Crippen LogP contribution is 2.31. The van der Waals surface area contributed by atoms with Crippen LogP contribution in [0.1, 0.15) is 25.7 Å². The Morgan fingerprint density at radius 2 is 2.15 bits per heavy atom. The molecule has 0 aromatic rings. The van der Waals surface area contributed by atoms with Crippen LogP contribution in [0.5, 0.6) is 0 Å². The van der Waals surface area contributed by atoms with Crippen LogP contribution in [0.4, 0.5) is 0 Å². The second kappa shape index (κ2) is 3.60. The van der Waals surface area contributed by atoms with Gasteiger partial charge in [0.25, 0.3) is 0 Å². The standard InChI is InChI=1S/C9H13NO3/c1-2-4-7(11)10-9(8(12)13)5-3-6-9/h2H,1,3-6H2,(H,10,11)(H,12,13). The van der Waals surface area contributed by atoms with Crippen LogP contribution in [0.15, 0.2) is 12.7 Å². The van der Waals surface area contributed by atoms with Gasteiger partial charge >= 0.3 is 5.97 Å². The van der Waals surface area contributed by atoms with Gasteiger partial charge in [-0.25, -0.2) is 4.79 Å². The number of hydrogen-bond acceptors (Lipinski definition) is 2. The molecular formula is C9H13NO3. The van der Waals surface area contributed by atoms with E-state index in [1.165, 1.54) is 6.08 Å². The number of nitrogens with one attached hydrogen (secondary N) is 1. The SMILES string of the molecule is C=CCC(=O)NC1(C(=O)O)CCC1. The first kappa shape index (κ1) is 9.77. The third kappa shape index (κ3) is 1.88. The highest BCUT2D eigenvalue weighted by molar-refractivity contribution is 5.88. The van der Waals surface area contributed by atoms with Gasteiger partial charge in [0.15, 0.2) is 0 Å². The van der Waals surface area contributed by atoms with Crippen molar-refractivity contribution >= 4 is 11.9 Å². The van der Waals surface area contributed by atoms with Crippen molar-refractivity contribution in [2.75, 3.05) is 0 Å². The summed E-state index contributed by atoms with van der Waals surface area (Å²) in [5.74, 6) is -1.20. The molecule has 72 valence electrons. The lowest BCUT2D eigenvalue weighted by Gasteiger charge is -2.38. The second-order valence-electron chi connectivity index (χ2n) is 3.28. The van der Waals surface area contributed by atoms with Crippen LogP contribution in [0, 0.1) is 0 Å². The monoisotopic (exact) mass is 183 g/mol. The first-order valence-electron chi connectivity index (χ1n) is 4.26. The van der Waals surface area contributed by atoms with E-state index < -0.39 is 11.5 Å². The smallest absolute Gasteiger partial charge is 0.329 e. The molecule has 2 N–H and O–H groups in total. The first-order chi connectivity index (χ1) is 6.10. The van der Waals surface area contributed by atoms with Crippen molar-refractivity contribution in [2.24, 2.45) is 0 Å². The molecule has 0 bridgehead atoms. The van der Waals surface area contributed by atoms with E-state index in [0.29, 0.717) is 12.8 Å². The third-order valence-corrected chi connectivity index (χ3v) is 2.32. The van der Waals surface area contributed by atoms with E-state index in [-0.39, 0.29) is 12.3 Å². The summed E-state index contributed by atoms with van der Waals surface area (Å²) in [6.07, 6.45) is 3.57. The van der Waals surface area contributed by atoms with Gasteiger partial charge in [-0.1, -0.05) is 6.08 Å². The summed E-state index contributed by atoms with van der Waals surface area (Å²) in [4.78, 5) is 21.9. The molecule has 1 aliphatic rings. The lowest BCUT2D eigenvalue weighted by Crippen LogP contribution is -2.59. The van der Waals surface area contributed by atoms with E-state index in [4.69, 9.17) is 5.11 Å². The minimum atomic E-state index is -0.986. The van der Waals surface area contributed by atoms with Crippen LogP contribution in [0.2, 0.25) is 0 Å². The fourth-order valence-corrected chi connectivity index (χ4v) is 1.37. The Balaban J connectivity index is 2.53. The van der Waals surface area contributed by atoms with Crippen molar-refractivity contribution in [3.63, 3.8) is 0 Å². The minimum absolute atomic E-state index is 0.176. The van der Waals surface area contributed by atoms with Crippen molar-refractivity contribution in [3.8, 4) is 0 Å². The molecule has 0 saturated heterocycles. The van der Waals surface area contributed by atoms with Crippen LogP contribution in [0.25, 0.3) is 0 Å². The number of hydrogen-bond donors (Lipinski definition) is 2. The molecule has 4 nitrogen and oxygen atoms in total. The van der Waals surface area contributed by atoms with Gasteiger partial charge in [0.1, 0.15) is 5.54 Å². The molecule has 0 unspecified atom stereocenters. The highest BCUT2D eigenvalue weighted by Gasteiger charge is 2.45. The molecule has 0 aromatic carbocycles. The normalized spacial score (nSPS) is 18.5. The van der Waals surface area contributed by atoms with Gasteiger partial charge in [-0.3, -0.25) is 4.79 Å². The van der Waals surface area contributed by atoms with Crippen molar-refractivity contribution in [1.29, 1.82) is 0 Å². The Kier molecular flexibility index (Phi) is 2.70. The summed E-state index contributed by atoms with van der Waals surface area (Å²) in [5, 5.41) is 11.4. The quantitative estimate of drug-likeness (QED) is 0.630. The zero-order valence-electron chi connectivity index (χ0n) is 7.38. The summed E-state index contributed by atoms with van der Waals surface area (Å²) in [7, 11) is 0. The summed E-state index contributed by atoms with van der Waals surface area (Å²) in [6, 6.07) is 0. The summed E-state index contributed by atoms with van der Waals surface area (Å²) < 4.78 is 0. The summed E-state index contributed by atoms with van der Waals surface area (Å²) >= 11 is 0. The molecule has 0 aromatic heterocycles. The molecule has 0 atom stereocenters. The number of rotatable bonds is 4. The van der Waals surface area contributed by atoms with Crippen LogP contribution in [-0.4, -0.2) is 22.5 Å². The number of amides is 1. The minimum Gasteiger partial charge on any atom is -0.480 e. The maximum Gasteiger partial charge on any atom is 0.329 e. The van der Waals surface area contributed by atoms with Crippen molar-refractivity contribution in [1.82, 2.24) is 5.32 Å². The predicted molar refractivity (Wildman–Crippen MR) is 47.2 cm³/mol. The molecule has 1 fully saturated rings. The zero-order valence-corrected chi connectivity index (χ0v) is 7.38. The Morgan fingerprint density at radius 3 is 2.46 bits per heavy atom. The molecule has 0 heterocycles. The fourth-order valence-electron chi connectivity index (χ4n) is 1.37. The van der Waals surface area contributed by atoms with Gasteiger partial charge in [-0.2, -0.15) is 0 Å². The average molecular weight is 183 g/mol. The number of aliphatic carboxylic acids is 1. The lowest BCUT2D eigenvalue weighted by atomic mass is 9.76. The maximum absolute atomic E-state index is 11.1. The predicted octanol–water partition coefficient (Wildman–Crippen LogP) is 0.686. The fraction of sp³-hybridized carbons (Fsp3) is 0.556. The van der Waals surface area contributed by atoms with E-state index in [9.17, 15) is 9.59 Å². The van der Waals surface area contributed by atoms with E-state index in [2.05, 4.69) is 11.9 Å². The maximum atomic E-state index is 11.1. The highest BCUT2D eigenvalue weighted by atomic mass is 16.4. The van der Waals surface area contributed by atoms with Crippen molar-refractivity contribution in [3.05, 3.63) is 12.7 Å². The van der Waals surface area contributed by atoms with Gasteiger partial charge in [-0.15, -0.1) is 6.58 Å². The molecule has 0 aliphatic heterocycles. The molecule has 0 spiro atoms. The molecular weight excluding hydrogens is 170 g/mol. The Morgan fingerprint density at radius 1 is 1.54 bits per heavy atom.